The molecule has 0 fully saturated rings. The van der Waals surface area contributed by atoms with E-state index in [0.717, 1.165) is 11.6 Å². The molecule has 16 heavy (non-hydrogen) atoms. The molecular weight excluding hydrogens is 215 g/mol. The molecule has 1 aliphatic carbocycles. The Morgan fingerprint density at radius 2 is 1.75 bits per heavy atom. The summed E-state index contributed by atoms with van der Waals surface area (Å²) in [6, 6.07) is 1.65. The lowest BCUT2D eigenvalue weighted by atomic mass is 9.78. The van der Waals surface area contributed by atoms with Crippen LogP contribution in [0.2, 0.25) is 0 Å². The van der Waals surface area contributed by atoms with E-state index in [-0.39, 0.29) is 17.4 Å². The minimum atomic E-state index is -4.43. The molecule has 0 bridgehead atoms. The molecule has 88 valence electrons. The van der Waals surface area contributed by atoms with Crippen LogP contribution in [0.25, 0.3) is 0 Å². The highest BCUT2D eigenvalue weighted by molar-refractivity contribution is 5.44. The average Bonchev–Trinajstić information content (AvgIpc) is 2.14. The fourth-order valence-electron chi connectivity index (χ4n) is 1.69. The summed E-state index contributed by atoms with van der Waals surface area (Å²) in [6.07, 6.45) is -2.57. The zero-order valence-electron chi connectivity index (χ0n) is 9.57. The maximum atomic E-state index is 12.7. The summed E-state index contributed by atoms with van der Waals surface area (Å²) >= 11 is 0. The zero-order valence-corrected chi connectivity index (χ0v) is 9.57. The normalized spacial score (nSPS) is 18.2. The van der Waals surface area contributed by atoms with Crippen LogP contribution < -0.4 is 0 Å². The number of nitriles is 1. The molecule has 0 N–H and O–H groups in total. The molecule has 0 unspecified atom stereocenters. The van der Waals surface area contributed by atoms with Gasteiger partial charge in [0.05, 0.1) is 11.6 Å². The van der Waals surface area contributed by atoms with Gasteiger partial charge in [-0.05, 0) is 24.3 Å². The molecule has 0 aromatic carbocycles. The molecule has 1 aliphatic rings. The zero-order chi connectivity index (χ0) is 12.6. The molecule has 1 nitrogen and oxygen atoms in total. The third kappa shape index (κ3) is 2.66. The Morgan fingerprint density at radius 1 is 1.19 bits per heavy atom. The van der Waals surface area contributed by atoms with Crippen molar-refractivity contribution in [2.75, 3.05) is 0 Å². The van der Waals surface area contributed by atoms with E-state index in [4.69, 9.17) is 5.26 Å². The van der Waals surface area contributed by atoms with Crippen LogP contribution in [0.15, 0.2) is 22.8 Å². The summed E-state index contributed by atoms with van der Waals surface area (Å²) in [7, 11) is 0. The molecule has 0 amide bonds. The number of hydrogen-bond acceptors (Lipinski definition) is 1. The first kappa shape index (κ1) is 12.8. The number of alkyl halides is 3. The molecule has 0 saturated heterocycles. The van der Waals surface area contributed by atoms with Crippen LogP contribution in [0.3, 0.4) is 0 Å². The number of nitrogens with zero attached hydrogens (tertiary/aromatic N) is 1. The van der Waals surface area contributed by atoms with Gasteiger partial charge in [0.2, 0.25) is 0 Å². The molecule has 1 rings (SSSR count). The molecule has 0 aromatic rings. The second kappa shape index (κ2) is 3.97. The largest absolute Gasteiger partial charge is 0.417 e. The third-order valence-corrected chi connectivity index (χ3v) is 2.69. The highest BCUT2D eigenvalue weighted by atomic mass is 19.4. The van der Waals surface area contributed by atoms with Crippen LogP contribution in [0.5, 0.6) is 0 Å². The Labute approximate surface area is 93.3 Å². The van der Waals surface area contributed by atoms with Crippen molar-refractivity contribution in [3.8, 4) is 6.07 Å². The molecular formula is C12H14F3N. The van der Waals surface area contributed by atoms with Crippen molar-refractivity contribution in [2.45, 2.75) is 39.8 Å². The first-order valence-electron chi connectivity index (χ1n) is 5.08. The van der Waals surface area contributed by atoms with Crippen LogP contribution in [0.4, 0.5) is 13.2 Å². The van der Waals surface area contributed by atoms with Gasteiger partial charge in [-0.2, -0.15) is 18.4 Å². The Morgan fingerprint density at radius 3 is 2.12 bits per heavy atom. The summed E-state index contributed by atoms with van der Waals surface area (Å²) in [5, 5.41) is 8.68. The molecule has 0 aromatic heterocycles. The Kier molecular flexibility index (Phi) is 3.18. The maximum Gasteiger partial charge on any atom is 0.417 e. The summed E-state index contributed by atoms with van der Waals surface area (Å²) in [4.78, 5) is 0. The topological polar surface area (TPSA) is 23.8 Å². The molecule has 0 heterocycles. The van der Waals surface area contributed by atoms with E-state index in [0.29, 0.717) is 6.42 Å². The number of allylic oxidation sites excluding steroid dienone is 4. The quantitative estimate of drug-likeness (QED) is 0.612. The van der Waals surface area contributed by atoms with E-state index >= 15 is 0 Å². The minimum absolute atomic E-state index is 0.152. The van der Waals surface area contributed by atoms with Crippen molar-refractivity contribution in [3.05, 3.63) is 22.8 Å². The van der Waals surface area contributed by atoms with E-state index < -0.39 is 11.7 Å². The van der Waals surface area contributed by atoms with Gasteiger partial charge in [-0.25, -0.2) is 0 Å². The Balaban J connectivity index is 3.24. The maximum absolute atomic E-state index is 12.7. The van der Waals surface area contributed by atoms with Gasteiger partial charge in [0, 0.05) is 5.57 Å². The summed E-state index contributed by atoms with van der Waals surface area (Å²) in [6.45, 7) is 5.64. The van der Waals surface area contributed by atoms with Crippen LogP contribution >= 0.6 is 0 Å². The van der Waals surface area contributed by atoms with Gasteiger partial charge in [-0.3, -0.25) is 0 Å². The molecule has 0 saturated carbocycles. The van der Waals surface area contributed by atoms with E-state index in [2.05, 4.69) is 0 Å². The average molecular weight is 229 g/mol. The first-order valence-corrected chi connectivity index (χ1v) is 5.08. The lowest BCUT2D eigenvalue weighted by Crippen LogP contribution is -2.19. The second-order valence-corrected chi connectivity index (χ2v) is 4.92. The standard InChI is InChI=1S/C12H14F3N/c1-11(2,3)9-5-4-8(7-16)10(6-9)12(13,14)15/h6H,4-5H2,1-3H3. The first-order chi connectivity index (χ1) is 7.16. The summed E-state index contributed by atoms with van der Waals surface area (Å²) in [5.41, 5.74) is -0.456. The highest BCUT2D eigenvalue weighted by Crippen LogP contribution is 2.40. The molecule has 4 heteroatoms. The summed E-state index contributed by atoms with van der Waals surface area (Å²) in [5.74, 6) is 0. The van der Waals surface area contributed by atoms with E-state index in [9.17, 15) is 13.2 Å². The van der Waals surface area contributed by atoms with Crippen molar-refractivity contribution < 1.29 is 13.2 Å². The fourth-order valence-corrected chi connectivity index (χ4v) is 1.69. The van der Waals surface area contributed by atoms with E-state index in [1.54, 1.807) is 6.07 Å². The SMILES string of the molecule is CC(C)(C)C1=CC(C(F)(F)F)=C(C#N)CC1. The van der Waals surface area contributed by atoms with Gasteiger partial charge in [0.15, 0.2) is 0 Å². The van der Waals surface area contributed by atoms with Gasteiger partial charge in [0.25, 0.3) is 0 Å². The lowest BCUT2D eigenvalue weighted by Gasteiger charge is -2.27. The van der Waals surface area contributed by atoms with Crippen molar-refractivity contribution in [1.29, 1.82) is 5.26 Å². The molecule has 0 radical (unpaired) electrons. The van der Waals surface area contributed by atoms with Crippen molar-refractivity contribution in [1.82, 2.24) is 0 Å². The van der Waals surface area contributed by atoms with Crippen LogP contribution in [0.1, 0.15) is 33.6 Å². The highest BCUT2D eigenvalue weighted by Gasteiger charge is 2.37. The summed E-state index contributed by atoms with van der Waals surface area (Å²) < 4.78 is 38.1. The fraction of sp³-hybridized carbons (Fsp3) is 0.583. The van der Waals surface area contributed by atoms with Crippen LogP contribution in [-0.2, 0) is 0 Å². The monoisotopic (exact) mass is 229 g/mol. The number of rotatable bonds is 0. The molecule has 0 atom stereocenters. The molecule has 0 spiro atoms. The number of hydrogen-bond donors (Lipinski definition) is 0. The van der Waals surface area contributed by atoms with Gasteiger partial charge in [0.1, 0.15) is 0 Å². The smallest absolute Gasteiger partial charge is 0.193 e. The van der Waals surface area contributed by atoms with Gasteiger partial charge in [-0.1, -0.05) is 26.3 Å². The van der Waals surface area contributed by atoms with Crippen LogP contribution in [-0.4, -0.2) is 6.18 Å². The number of halogens is 3. The van der Waals surface area contributed by atoms with E-state index in [1.807, 2.05) is 20.8 Å². The predicted octanol–water partition coefficient (Wildman–Crippen LogP) is 4.14. The van der Waals surface area contributed by atoms with Gasteiger partial charge >= 0.3 is 6.18 Å². The van der Waals surface area contributed by atoms with Crippen molar-refractivity contribution in [3.63, 3.8) is 0 Å². The second-order valence-electron chi connectivity index (χ2n) is 4.92. The Hall–Kier alpha value is -1.24. The third-order valence-electron chi connectivity index (χ3n) is 2.69. The van der Waals surface area contributed by atoms with Gasteiger partial charge in [-0.15, -0.1) is 0 Å². The van der Waals surface area contributed by atoms with Crippen molar-refractivity contribution in [2.24, 2.45) is 5.41 Å². The Bertz CT molecular complexity index is 386. The van der Waals surface area contributed by atoms with E-state index in [1.165, 1.54) is 0 Å². The molecule has 0 aliphatic heterocycles. The minimum Gasteiger partial charge on any atom is -0.193 e. The lowest BCUT2D eigenvalue weighted by molar-refractivity contribution is -0.0892. The van der Waals surface area contributed by atoms with Gasteiger partial charge < -0.3 is 0 Å². The van der Waals surface area contributed by atoms with Crippen molar-refractivity contribution >= 4 is 0 Å². The predicted molar refractivity (Wildman–Crippen MR) is 55.5 cm³/mol. The van der Waals surface area contributed by atoms with Crippen LogP contribution in [0, 0.1) is 16.7 Å².